The van der Waals surface area contributed by atoms with E-state index < -0.39 is 0 Å². The minimum atomic E-state index is 0.123. The van der Waals surface area contributed by atoms with Gasteiger partial charge in [-0.25, -0.2) is 0 Å². The van der Waals surface area contributed by atoms with E-state index in [1.807, 2.05) is 4.90 Å². The minimum Gasteiger partial charge on any atom is -0.340 e. The number of rotatable bonds is 1. The van der Waals surface area contributed by atoms with Gasteiger partial charge in [0, 0.05) is 19.6 Å². The molecule has 2 rings (SSSR count). The molecule has 13 heavy (non-hydrogen) atoms. The Hall–Kier alpha value is -0.610. The molecule has 0 aromatic carbocycles. The third-order valence-corrected chi connectivity index (χ3v) is 2.77. The van der Waals surface area contributed by atoms with Gasteiger partial charge in [0.25, 0.3) is 0 Å². The maximum absolute atomic E-state index is 11.8. The largest absolute Gasteiger partial charge is 0.340 e. The van der Waals surface area contributed by atoms with Crippen molar-refractivity contribution in [2.24, 2.45) is 0 Å². The molecule has 0 aromatic heterocycles. The summed E-state index contributed by atoms with van der Waals surface area (Å²) >= 11 is 0. The fourth-order valence-corrected chi connectivity index (χ4v) is 1.79. The number of carbonyl (C=O) groups is 1. The van der Waals surface area contributed by atoms with E-state index in [0.29, 0.717) is 5.91 Å². The van der Waals surface area contributed by atoms with Crippen molar-refractivity contribution < 1.29 is 4.79 Å². The Kier molecular flexibility index (Phi) is 2.80. The van der Waals surface area contributed by atoms with Gasteiger partial charge in [-0.3, -0.25) is 4.79 Å². The van der Waals surface area contributed by atoms with Crippen molar-refractivity contribution in [1.82, 2.24) is 15.5 Å². The SMILES string of the molecule is O=C([C@H]1CCN1)N1CCCNCC1. The summed E-state index contributed by atoms with van der Waals surface area (Å²) in [5.74, 6) is 0.301. The van der Waals surface area contributed by atoms with E-state index in [9.17, 15) is 4.79 Å². The van der Waals surface area contributed by atoms with Crippen LogP contribution in [-0.2, 0) is 4.79 Å². The molecule has 4 heteroatoms. The summed E-state index contributed by atoms with van der Waals surface area (Å²) in [5, 5.41) is 6.44. The van der Waals surface area contributed by atoms with Gasteiger partial charge in [0.05, 0.1) is 6.04 Å². The molecule has 0 aromatic rings. The van der Waals surface area contributed by atoms with Crippen molar-refractivity contribution in [3.8, 4) is 0 Å². The second kappa shape index (κ2) is 4.07. The highest BCUT2D eigenvalue weighted by molar-refractivity contribution is 5.82. The van der Waals surface area contributed by atoms with Gasteiger partial charge in [0.15, 0.2) is 0 Å². The normalized spacial score (nSPS) is 29.2. The summed E-state index contributed by atoms with van der Waals surface area (Å²) in [6, 6.07) is 0.123. The molecule has 0 radical (unpaired) electrons. The van der Waals surface area contributed by atoms with Gasteiger partial charge in [-0.05, 0) is 25.9 Å². The second-order valence-electron chi connectivity index (χ2n) is 3.72. The summed E-state index contributed by atoms with van der Waals surface area (Å²) in [4.78, 5) is 13.8. The third kappa shape index (κ3) is 2.00. The van der Waals surface area contributed by atoms with Gasteiger partial charge in [0.2, 0.25) is 5.91 Å². The fourth-order valence-electron chi connectivity index (χ4n) is 1.79. The zero-order chi connectivity index (χ0) is 9.10. The van der Waals surface area contributed by atoms with E-state index in [0.717, 1.165) is 45.6 Å². The quantitative estimate of drug-likeness (QED) is 0.558. The summed E-state index contributed by atoms with van der Waals surface area (Å²) in [5.41, 5.74) is 0. The lowest BCUT2D eigenvalue weighted by atomic mass is 10.1. The number of nitrogens with one attached hydrogen (secondary N) is 2. The average molecular weight is 183 g/mol. The van der Waals surface area contributed by atoms with Gasteiger partial charge in [-0.2, -0.15) is 0 Å². The molecule has 2 fully saturated rings. The Balaban J connectivity index is 1.85. The number of nitrogens with zero attached hydrogens (tertiary/aromatic N) is 1. The van der Waals surface area contributed by atoms with Crippen molar-refractivity contribution in [2.75, 3.05) is 32.7 Å². The molecular formula is C9H17N3O. The second-order valence-corrected chi connectivity index (χ2v) is 3.72. The van der Waals surface area contributed by atoms with Crippen LogP contribution in [0, 0.1) is 0 Å². The molecule has 74 valence electrons. The maximum atomic E-state index is 11.8. The first-order valence-electron chi connectivity index (χ1n) is 5.11. The molecule has 2 heterocycles. The van der Waals surface area contributed by atoms with Crippen LogP contribution in [0.5, 0.6) is 0 Å². The van der Waals surface area contributed by atoms with E-state index in [-0.39, 0.29) is 6.04 Å². The van der Waals surface area contributed by atoms with Crippen molar-refractivity contribution in [1.29, 1.82) is 0 Å². The zero-order valence-electron chi connectivity index (χ0n) is 7.88. The van der Waals surface area contributed by atoms with Crippen LogP contribution >= 0.6 is 0 Å². The van der Waals surface area contributed by atoms with Gasteiger partial charge >= 0.3 is 0 Å². The summed E-state index contributed by atoms with van der Waals surface area (Å²) in [6.07, 6.45) is 2.10. The molecule has 1 amide bonds. The fraction of sp³-hybridized carbons (Fsp3) is 0.889. The molecular weight excluding hydrogens is 166 g/mol. The lowest BCUT2D eigenvalue weighted by Gasteiger charge is -2.31. The Morgan fingerprint density at radius 1 is 1.23 bits per heavy atom. The van der Waals surface area contributed by atoms with E-state index in [4.69, 9.17) is 0 Å². The monoisotopic (exact) mass is 183 g/mol. The smallest absolute Gasteiger partial charge is 0.239 e. The molecule has 0 aliphatic carbocycles. The Labute approximate surface area is 78.7 Å². The van der Waals surface area contributed by atoms with Gasteiger partial charge in [-0.15, -0.1) is 0 Å². The molecule has 0 bridgehead atoms. The number of hydrogen-bond donors (Lipinski definition) is 2. The molecule has 4 nitrogen and oxygen atoms in total. The van der Waals surface area contributed by atoms with Crippen LogP contribution in [0.15, 0.2) is 0 Å². The van der Waals surface area contributed by atoms with Gasteiger partial charge in [0.1, 0.15) is 0 Å². The van der Waals surface area contributed by atoms with Crippen molar-refractivity contribution in [2.45, 2.75) is 18.9 Å². The van der Waals surface area contributed by atoms with Crippen LogP contribution < -0.4 is 10.6 Å². The first-order valence-corrected chi connectivity index (χ1v) is 5.11. The van der Waals surface area contributed by atoms with E-state index in [1.165, 1.54) is 0 Å². The van der Waals surface area contributed by atoms with Crippen LogP contribution in [0.25, 0.3) is 0 Å². The number of carbonyl (C=O) groups excluding carboxylic acids is 1. The zero-order valence-corrected chi connectivity index (χ0v) is 7.88. The van der Waals surface area contributed by atoms with Gasteiger partial charge in [-0.1, -0.05) is 0 Å². The Morgan fingerprint density at radius 2 is 2.08 bits per heavy atom. The van der Waals surface area contributed by atoms with Crippen molar-refractivity contribution in [3.05, 3.63) is 0 Å². The molecule has 2 aliphatic rings. The highest BCUT2D eigenvalue weighted by Crippen LogP contribution is 2.07. The predicted molar refractivity (Wildman–Crippen MR) is 50.5 cm³/mol. The minimum absolute atomic E-state index is 0.123. The van der Waals surface area contributed by atoms with E-state index in [2.05, 4.69) is 10.6 Å². The van der Waals surface area contributed by atoms with Crippen LogP contribution in [0.4, 0.5) is 0 Å². The van der Waals surface area contributed by atoms with Crippen LogP contribution in [0.1, 0.15) is 12.8 Å². The van der Waals surface area contributed by atoms with Crippen LogP contribution in [0.2, 0.25) is 0 Å². The molecule has 0 saturated carbocycles. The van der Waals surface area contributed by atoms with Crippen LogP contribution in [-0.4, -0.2) is 49.6 Å². The third-order valence-electron chi connectivity index (χ3n) is 2.77. The van der Waals surface area contributed by atoms with Crippen molar-refractivity contribution in [3.63, 3.8) is 0 Å². The standard InChI is InChI=1S/C9H17N3O/c13-9(8-2-4-11-8)12-6-1-3-10-5-7-12/h8,10-11H,1-7H2/t8-/m1/s1. The van der Waals surface area contributed by atoms with Gasteiger partial charge < -0.3 is 15.5 Å². The Morgan fingerprint density at radius 3 is 2.77 bits per heavy atom. The highest BCUT2D eigenvalue weighted by Gasteiger charge is 2.28. The van der Waals surface area contributed by atoms with E-state index >= 15 is 0 Å². The average Bonchev–Trinajstić information content (AvgIpc) is 2.27. The predicted octanol–water partition coefficient (Wildman–Crippen LogP) is -0.830. The first-order chi connectivity index (χ1) is 6.38. The number of hydrogen-bond acceptors (Lipinski definition) is 3. The highest BCUT2D eigenvalue weighted by atomic mass is 16.2. The topological polar surface area (TPSA) is 44.4 Å². The molecule has 2 N–H and O–H groups in total. The number of amides is 1. The first kappa shape index (κ1) is 8.97. The van der Waals surface area contributed by atoms with E-state index in [1.54, 1.807) is 0 Å². The summed E-state index contributed by atoms with van der Waals surface area (Å²) in [7, 11) is 0. The lowest BCUT2D eigenvalue weighted by molar-refractivity contribution is -0.135. The molecule has 1 atom stereocenters. The lowest BCUT2D eigenvalue weighted by Crippen LogP contribution is -2.54. The molecule has 2 aliphatic heterocycles. The molecule has 2 saturated heterocycles. The summed E-state index contributed by atoms with van der Waals surface area (Å²) in [6.45, 7) is 4.78. The Bertz CT molecular complexity index is 183. The molecule has 0 spiro atoms. The van der Waals surface area contributed by atoms with Crippen LogP contribution in [0.3, 0.4) is 0 Å². The van der Waals surface area contributed by atoms with Crippen molar-refractivity contribution >= 4 is 5.91 Å². The summed E-state index contributed by atoms with van der Waals surface area (Å²) < 4.78 is 0. The molecule has 0 unspecified atom stereocenters. The maximum Gasteiger partial charge on any atom is 0.239 e.